The number of nitrogens with zero attached hydrogens (tertiary/aromatic N) is 4. The fourth-order valence-corrected chi connectivity index (χ4v) is 4.68. The van der Waals surface area contributed by atoms with Crippen molar-refractivity contribution >= 4 is 16.9 Å². The summed E-state index contributed by atoms with van der Waals surface area (Å²) in [6.45, 7) is 11.7. The van der Waals surface area contributed by atoms with Crippen molar-refractivity contribution in [2.45, 2.75) is 59.7 Å². The summed E-state index contributed by atoms with van der Waals surface area (Å²) in [6, 6.07) is 10.8. The van der Waals surface area contributed by atoms with Crippen LogP contribution in [0, 0.1) is 19.8 Å². The van der Waals surface area contributed by atoms with Crippen LogP contribution in [0.5, 0.6) is 0 Å². The molecule has 1 saturated heterocycles. The number of fused-ring (bicyclic) bond motifs is 1. The molecule has 0 amide bonds. The molecule has 0 spiro atoms. The maximum atomic E-state index is 6.22. The van der Waals surface area contributed by atoms with Crippen LogP contribution in [0.1, 0.15) is 48.8 Å². The van der Waals surface area contributed by atoms with Crippen LogP contribution in [0.3, 0.4) is 0 Å². The number of aryl methyl sites for hydroxylation is 3. The number of pyridine rings is 1. The summed E-state index contributed by atoms with van der Waals surface area (Å²) in [6.07, 6.45) is 3.66. The molecular weight excluding hydrogens is 386 g/mol. The maximum Gasteiger partial charge on any atom is 0.151 e. The fraction of sp³-hybridized carbons (Fsp3) is 0.520. The first kappa shape index (κ1) is 21.8. The molecule has 2 N–H and O–H groups in total. The Balaban J connectivity index is 1.44. The molecule has 0 radical (unpaired) electrons. The van der Waals surface area contributed by atoms with Crippen LogP contribution >= 0.6 is 0 Å². The van der Waals surface area contributed by atoms with E-state index < -0.39 is 0 Å². The van der Waals surface area contributed by atoms with Crippen molar-refractivity contribution in [2.24, 2.45) is 5.92 Å². The molecule has 1 aliphatic heterocycles. The zero-order valence-corrected chi connectivity index (χ0v) is 19.1. The van der Waals surface area contributed by atoms with E-state index in [1.54, 1.807) is 0 Å². The molecule has 0 unspecified atom stereocenters. The average molecular weight is 422 g/mol. The summed E-state index contributed by atoms with van der Waals surface area (Å²) in [4.78, 5) is 11.9. The number of likely N-dealkylation sites (tertiary alicyclic amines) is 1. The number of nitrogen functional groups attached to an aromatic ring is 1. The van der Waals surface area contributed by atoms with Crippen molar-refractivity contribution in [3.63, 3.8) is 0 Å². The number of piperidine rings is 1. The Labute approximate surface area is 185 Å². The smallest absolute Gasteiger partial charge is 0.151 e. The SMILES string of the molecule is CCOCc1nc2c(N)nc(C)c(C)c2n1CCC1CCN(Cc2ccccc2)CC1. The van der Waals surface area contributed by atoms with Crippen molar-refractivity contribution in [1.82, 2.24) is 19.4 Å². The van der Waals surface area contributed by atoms with E-state index in [9.17, 15) is 0 Å². The van der Waals surface area contributed by atoms with Crippen LogP contribution in [0.25, 0.3) is 11.0 Å². The molecule has 2 aromatic heterocycles. The van der Waals surface area contributed by atoms with E-state index in [-0.39, 0.29) is 0 Å². The predicted molar refractivity (Wildman–Crippen MR) is 126 cm³/mol. The topological polar surface area (TPSA) is 69.2 Å². The molecule has 1 aromatic carbocycles. The van der Waals surface area contributed by atoms with Gasteiger partial charge in [-0.15, -0.1) is 0 Å². The van der Waals surface area contributed by atoms with Crippen molar-refractivity contribution in [3.05, 3.63) is 53.0 Å². The third kappa shape index (κ3) is 4.91. The lowest BCUT2D eigenvalue weighted by molar-refractivity contribution is 0.125. The number of ether oxygens (including phenoxy) is 1. The highest BCUT2D eigenvalue weighted by molar-refractivity contribution is 5.88. The summed E-state index contributed by atoms with van der Waals surface area (Å²) in [5, 5.41) is 0. The number of nitrogens with two attached hydrogens (primary N) is 1. The quantitative estimate of drug-likeness (QED) is 0.581. The van der Waals surface area contributed by atoms with Gasteiger partial charge in [0.2, 0.25) is 0 Å². The molecule has 1 aliphatic rings. The van der Waals surface area contributed by atoms with Gasteiger partial charge in [0, 0.05) is 25.4 Å². The Morgan fingerprint density at radius 1 is 1.10 bits per heavy atom. The number of hydrogen-bond acceptors (Lipinski definition) is 5. The van der Waals surface area contributed by atoms with E-state index in [0.717, 1.165) is 53.5 Å². The standard InChI is InChI=1S/C25H35N5O/c1-4-31-17-22-28-23-24(18(2)19(3)27-25(23)26)30(22)15-12-20-10-13-29(14-11-20)16-21-8-6-5-7-9-21/h5-9,20H,4,10-17H2,1-3H3,(H2,26,27). The molecule has 0 aliphatic carbocycles. The molecule has 0 atom stereocenters. The minimum atomic E-state index is 0.513. The lowest BCUT2D eigenvalue weighted by atomic mass is 9.93. The van der Waals surface area contributed by atoms with Gasteiger partial charge in [0.15, 0.2) is 5.82 Å². The number of anilines is 1. The normalized spacial score (nSPS) is 15.7. The Hall–Kier alpha value is -2.44. The Morgan fingerprint density at radius 3 is 2.55 bits per heavy atom. The molecule has 6 nitrogen and oxygen atoms in total. The molecule has 31 heavy (non-hydrogen) atoms. The van der Waals surface area contributed by atoms with Gasteiger partial charge < -0.3 is 15.0 Å². The first-order chi connectivity index (χ1) is 15.1. The van der Waals surface area contributed by atoms with E-state index in [2.05, 4.69) is 51.7 Å². The first-order valence-corrected chi connectivity index (χ1v) is 11.5. The van der Waals surface area contributed by atoms with E-state index in [0.29, 0.717) is 19.0 Å². The largest absolute Gasteiger partial charge is 0.382 e. The molecule has 3 heterocycles. The van der Waals surface area contributed by atoms with Gasteiger partial charge in [-0.1, -0.05) is 30.3 Å². The van der Waals surface area contributed by atoms with Crippen LogP contribution in [-0.4, -0.2) is 39.1 Å². The monoisotopic (exact) mass is 421 g/mol. The summed E-state index contributed by atoms with van der Waals surface area (Å²) in [5.74, 6) is 2.22. The van der Waals surface area contributed by atoms with Crippen LogP contribution < -0.4 is 5.73 Å². The van der Waals surface area contributed by atoms with Crippen LogP contribution in [0.4, 0.5) is 5.82 Å². The molecule has 4 rings (SSSR count). The Bertz CT molecular complexity index is 1010. The predicted octanol–water partition coefficient (Wildman–Crippen LogP) is 4.47. The van der Waals surface area contributed by atoms with Crippen molar-refractivity contribution in [3.8, 4) is 0 Å². The lowest BCUT2D eigenvalue weighted by Crippen LogP contribution is -2.33. The summed E-state index contributed by atoms with van der Waals surface area (Å²) < 4.78 is 8.05. The summed E-state index contributed by atoms with van der Waals surface area (Å²) in [7, 11) is 0. The molecule has 0 saturated carbocycles. The number of rotatable bonds is 8. The summed E-state index contributed by atoms with van der Waals surface area (Å²) >= 11 is 0. The first-order valence-electron chi connectivity index (χ1n) is 11.5. The Morgan fingerprint density at radius 2 is 1.84 bits per heavy atom. The number of hydrogen-bond donors (Lipinski definition) is 1. The second-order valence-electron chi connectivity index (χ2n) is 8.72. The zero-order chi connectivity index (χ0) is 21.8. The molecule has 166 valence electrons. The molecular formula is C25H35N5O. The van der Waals surface area contributed by atoms with Gasteiger partial charge in [0.1, 0.15) is 17.9 Å². The van der Waals surface area contributed by atoms with Gasteiger partial charge in [0.05, 0.1) is 5.52 Å². The minimum Gasteiger partial charge on any atom is -0.382 e. The lowest BCUT2D eigenvalue weighted by Gasteiger charge is -2.32. The van der Waals surface area contributed by atoms with Gasteiger partial charge in [-0.2, -0.15) is 0 Å². The van der Waals surface area contributed by atoms with Crippen molar-refractivity contribution in [1.29, 1.82) is 0 Å². The second-order valence-corrected chi connectivity index (χ2v) is 8.72. The Kier molecular flexibility index (Phi) is 6.88. The van der Waals surface area contributed by atoms with E-state index in [4.69, 9.17) is 15.5 Å². The van der Waals surface area contributed by atoms with E-state index in [1.165, 1.54) is 31.5 Å². The van der Waals surface area contributed by atoms with E-state index in [1.807, 2.05) is 13.8 Å². The molecule has 1 fully saturated rings. The molecule has 0 bridgehead atoms. The third-order valence-electron chi connectivity index (χ3n) is 6.63. The van der Waals surface area contributed by atoms with Crippen LogP contribution in [0.2, 0.25) is 0 Å². The zero-order valence-electron chi connectivity index (χ0n) is 19.1. The number of imidazole rings is 1. The van der Waals surface area contributed by atoms with Crippen molar-refractivity contribution < 1.29 is 4.74 Å². The van der Waals surface area contributed by atoms with Crippen LogP contribution in [-0.2, 0) is 24.4 Å². The van der Waals surface area contributed by atoms with E-state index >= 15 is 0 Å². The third-order valence-corrected chi connectivity index (χ3v) is 6.63. The van der Waals surface area contributed by atoms with Crippen molar-refractivity contribution in [2.75, 3.05) is 25.4 Å². The van der Waals surface area contributed by atoms with Gasteiger partial charge in [0.25, 0.3) is 0 Å². The molecule has 6 heteroatoms. The minimum absolute atomic E-state index is 0.513. The van der Waals surface area contributed by atoms with Gasteiger partial charge in [-0.25, -0.2) is 9.97 Å². The van der Waals surface area contributed by atoms with Gasteiger partial charge in [-0.05, 0) is 70.2 Å². The summed E-state index contributed by atoms with van der Waals surface area (Å²) in [5.41, 5.74) is 11.7. The van der Waals surface area contributed by atoms with Gasteiger partial charge in [-0.3, -0.25) is 4.90 Å². The molecule has 3 aromatic rings. The number of benzene rings is 1. The van der Waals surface area contributed by atoms with Crippen LogP contribution in [0.15, 0.2) is 30.3 Å². The number of aromatic nitrogens is 3. The highest BCUT2D eigenvalue weighted by Crippen LogP contribution is 2.29. The second kappa shape index (κ2) is 9.79. The van der Waals surface area contributed by atoms with Gasteiger partial charge >= 0.3 is 0 Å². The fourth-order valence-electron chi connectivity index (χ4n) is 4.68. The highest BCUT2D eigenvalue weighted by Gasteiger charge is 2.22. The highest BCUT2D eigenvalue weighted by atomic mass is 16.5. The average Bonchev–Trinajstić information content (AvgIpc) is 3.15. The maximum absolute atomic E-state index is 6.22.